The highest BCUT2D eigenvalue weighted by Crippen LogP contribution is 2.48. The van der Waals surface area contributed by atoms with E-state index in [0.717, 1.165) is 88.3 Å². The van der Waals surface area contributed by atoms with E-state index in [2.05, 4.69) is 28.0 Å². The fraction of sp³-hybridized carbons (Fsp3) is 0.500. The number of benzene rings is 2. The number of allylic oxidation sites excluding steroid dienone is 1. The maximum absolute atomic E-state index is 6.43. The zero-order valence-corrected chi connectivity index (χ0v) is 21.1. The van der Waals surface area contributed by atoms with Gasteiger partial charge in [0.25, 0.3) is 0 Å². The second-order valence-electron chi connectivity index (χ2n) is 9.06. The van der Waals surface area contributed by atoms with Crippen LogP contribution < -0.4 is 18.9 Å². The summed E-state index contributed by atoms with van der Waals surface area (Å²) in [5.41, 5.74) is 2.03. The van der Waals surface area contributed by atoms with Crippen LogP contribution in [0.5, 0.6) is 23.0 Å². The zero-order chi connectivity index (χ0) is 24.6. The number of morpholine rings is 2. The summed E-state index contributed by atoms with van der Waals surface area (Å²) in [6.45, 7) is 9.52. The molecule has 2 fully saturated rings. The second kappa shape index (κ2) is 12.5. The number of hydrogen-bond donors (Lipinski definition) is 0. The largest absolute Gasteiger partial charge is 0.493 e. The van der Waals surface area contributed by atoms with Gasteiger partial charge in [0, 0.05) is 62.9 Å². The van der Waals surface area contributed by atoms with E-state index in [1.807, 2.05) is 24.3 Å². The maximum Gasteiger partial charge on any atom is 0.204 e. The Balaban J connectivity index is 1.36. The Bertz CT molecular complexity index is 1020. The SMILES string of the molecule is COc1cc2c(c(OCCN3CCOCC3)c1OCCN1CCOCC1)CC=C(c1ccccc1)O2. The predicted molar refractivity (Wildman–Crippen MR) is 137 cm³/mol. The molecular weight excluding hydrogens is 460 g/mol. The van der Waals surface area contributed by atoms with Gasteiger partial charge in [-0.3, -0.25) is 9.80 Å². The lowest BCUT2D eigenvalue weighted by atomic mass is 10.0. The summed E-state index contributed by atoms with van der Waals surface area (Å²) in [6.07, 6.45) is 2.80. The van der Waals surface area contributed by atoms with Crippen LogP contribution in [0.3, 0.4) is 0 Å². The van der Waals surface area contributed by atoms with Crippen molar-refractivity contribution < 1.29 is 28.4 Å². The Morgan fingerprint density at radius 1 is 0.806 bits per heavy atom. The fourth-order valence-electron chi connectivity index (χ4n) is 4.70. The highest BCUT2D eigenvalue weighted by atomic mass is 16.5. The molecule has 0 aliphatic carbocycles. The first-order valence-electron chi connectivity index (χ1n) is 12.8. The smallest absolute Gasteiger partial charge is 0.204 e. The molecule has 2 saturated heterocycles. The van der Waals surface area contributed by atoms with Crippen LogP contribution in [-0.4, -0.2) is 95.8 Å². The van der Waals surface area contributed by atoms with Crippen LogP contribution in [0.15, 0.2) is 42.5 Å². The molecule has 194 valence electrons. The van der Waals surface area contributed by atoms with Crippen molar-refractivity contribution in [3.05, 3.63) is 53.6 Å². The molecule has 0 saturated carbocycles. The van der Waals surface area contributed by atoms with Crippen molar-refractivity contribution >= 4 is 5.76 Å². The molecule has 0 amide bonds. The van der Waals surface area contributed by atoms with Gasteiger partial charge in [0.1, 0.15) is 24.7 Å². The molecule has 2 aromatic rings. The molecule has 2 aromatic carbocycles. The van der Waals surface area contributed by atoms with Gasteiger partial charge in [-0.2, -0.15) is 0 Å². The molecule has 0 radical (unpaired) electrons. The molecule has 8 nitrogen and oxygen atoms in total. The van der Waals surface area contributed by atoms with Crippen LogP contribution >= 0.6 is 0 Å². The third kappa shape index (κ3) is 6.13. The van der Waals surface area contributed by atoms with Gasteiger partial charge in [-0.05, 0) is 6.08 Å². The van der Waals surface area contributed by atoms with E-state index >= 15 is 0 Å². The van der Waals surface area contributed by atoms with Gasteiger partial charge in [0.2, 0.25) is 5.75 Å². The van der Waals surface area contributed by atoms with E-state index in [0.29, 0.717) is 36.9 Å². The molecule has 8 heteroatoms. The number of hydrogen-bond acceptors (Lipinski definition) is 8. The quantitative estimate of drug-likeness (QED) is 0.498. The summed E-state index contributed by atoms with van der Waals surface area (Å²) in [4.78, 5) is 4.71. The van der Waals surface area contributed by atoms with Crippen LogP contribution in [0.2, 0.25) is 0 Å². The number of fused-ring (bicyclic) bond motifs is 1. The predicted octanol–water partition coefficient (Wildman–Crippen LogP) is 3.09. The summed E-state index contributed by atoms with van der Waals surface area (Å²) in [7, 11) is 1.66. The summed E-state index contributed by atoms with van der Waals surface area (Å²) in [6, 6.07) is 12.1. The van der Waals surface area contributed by atoms with E-state index in [-0.39, 0.29) is 0 Å². The zero-order valence-electron chi connectivity index (χ0n) is 21.1. The Kier molecular flexibility index (Phi) is 8.61. The molecule has 0 aromatic heterocycles. The first kappa shape index (κ1) is 24.9. The molecule has 5 rings (SSSR count). The van der Waals surface area contributed by atoms with Crippen LogP contribution in [0, 0.1) is 0 Å². The van der Waals surface area contributed by atoms with Gasteiger partial charge in [-0.1, -0.05) is 30.3 Å². The molecule has 0 spiro atoms. The molecule has 0 atom stereocenters. The van der Waals surface area contributed by atoms with E-state index in [1.54, 1.807) is 7.11 Å². The highest BCUT2D eigenvalue weighted by Gasteiger charge is 2.26. The third-order valence-electron chi connectivity index (χ3n) is 6.77. The van der Waals surface area contributed by atoms with Gasteiger partial charge in [0.15, 0.2) is 11.5 Å². The fourth-order valence-corrected chi connectivity index (χ4v) is 4.70. The molecule has 0 N–H and O–H groups in total. The molecule has 0 unspecified atom stereocenters. The van der Waals surface area contributed by atoms with Crippen molar-refractivity contribution in [3.63, 3.8) is 0 Å². The van der Waals surface area contributed by atoms with Crippen molar-refractivity contribution in [1.82, 2.24) is 9.80 Å². The molecule has 3 heterocycles. The molecule has 36 heavy (non-hydrogen) atoms. The number of rotatable bonds is 10. The van der Waals surface area contributed by atoms with Gasteiger partial charge in [-0.15, -0.1) is 0 Å². The van der Waals surface area contributed by atoms with E-state index < -0.39 is 0 Å². The standard InChI is InChI=1S/C28H36N2O6/c1-31-26-21-25-23(7-8-24(36-25)22-5-3-2-4-6-22)27(34-19-13-29-9-15-32-16-10-29)28(26)35-20-14-30-11-17-33-18-12-30/h2-6,8,21H,7,9-20H2,1H3. The van der Waals surface area contributed by atoms with Crippen LogP contribution in [0.4, 0.5) is 0 Å². The van der Waals surface area contributed by atoms with Crippen molar-refractivity contribution in [3.8, 4) is 23.0 Å². The highest BCUT2D eigenvalue weighted by molar-refractivity contribution is 5.70. The average Bonchev–Trinajstić information content (AvgIpc) is 2.95. The maximum atomic E-state index is 6.43. The Morgan fingerprint density at radius 3 is 2.03 bits per heavy atom. The van der Waals surface area contributed by atoms with Crippen LogP contribution in [-0.2, 0) is 15.9 Å². The van der Waals surface area contributed by atoms with Crippen molar-refractivity contribution in [2.24, 2.45) is 0 Å². The first-order valence-corrected chi connectivity index (χ1v) is 12.8. The summed E-state index contributed by atoms with van der Waals surface area (Å²) in [5, 5.41) is 0. The molecular formula is C28H36N2O6. The normalized spacial score (nSPS) is 18.6. The van der Waals surface area contributed by atoms with E-state index in [4.69, 9.17) is 28.4 Å². The number of methoxy groups -OCH3 is 1. The Morgan fingerprint density at radius 2 is 1.42 bits per heavy atom. The summed E-state index contributed by atoms with van der Waals surface area (Å²) < 4.78 is 35.8. The van der Waals surface area contributed by atoms with E-state index in [1.165, 1.54) is 0 Å². The minimum Gasteiger partial charge on any atom is -0.493 e. The average molecular weight is 497 g/mol. The summed E-state index contributed by atoms with van der Waals surface area (Å²) in [5.74, 6) is 3.56. The third-order valence-corrected chi connectivity index (χ3v) is 6.77. The summed E-state index contributed by atoms with van der Waals surface area (Å²) >= 11 is 0. The minimum atomic E-state index is 0.543. The molecule has 3 aliphatic heterocycles. The van der Waals surface area contributed by atoms with E-state index in [9.17, 15) is 0 Å². The van der Waals surface area contributed by atoms with Crippen molar-refractivity contribution in [2.75, 3.05) is 86.0 Å². The van der Waals surface area contributed by atoms with Gasteiger partial charge >= 0.3 is 0 Å². The number of nitrogens with zero attached hydrogens (tertiary/aromatic N) is 2. The Hall–Kier alpha value is -2.78. The first-order chi connectivity index (χ1) is 17.8. The van der Waals surface area contributed by atoms with Gasteiger partial charge in [-0.25, -0.2) is 0 Å². The van der Waals surface area contributed by atoms with Crippen LogP contribution in [0.1, 0.15) is 11.1 Å². The lowest BCUT2D eigenvalue weighted by Crippen LogP contribution is -2.39. The second-order valence-corrected chi connectivity index (χ2v) is 9.06. The van der Waals surface area contributed by atoms with Crippen molar-refractivity contribution in [1.29, 1.82) is 0 Å². The lowest BCUT2D eigenvalue weighted by molar-refractivity contribution is 0.0303. The van der Waals surface area contributed by atoms with Crippen molar-refractivity contribution in [2.45, 2.75) is 6.42 Å². The van der Waals surface area contributed by atoms with Gasteiger partial charge in [0.05, 0.1) is 33.5 Å². The molecule has 0 bridgehead atoms. The monoisotopic (exact) mass is 496 g/mol. The molecule has 3 aliphatic rings. The lowest BCUT2D eigenvalue weighted by Gasteiger charge is -2.29. The van der Waals surface area contributed by atoms with Gasteiger partial charge < -0.3 is 28.4 Å². The van der Waals surface area contributed by atoms with Crippen LogP contribution in [0.25, 0.3) is 5.76 Å². The minimum absolute atomic E-state index is 0.543. The number of ether oxygens (including phenoxy) is 6. The Labute approximate surface area is 213 Å². The topological polar surface area (TPSA) is 61.9 Å².